The smallest absolute Gasteiger partial charge is 0.279 e. The molecule has 4 N–H and O–H groups in total. The fourth-order valence-electron chi connectivity index (χ4n) is 3.06. The highest BCUT2D eigenvalue weighted by molar-refractivity contribution is 7.91. The van der Waals surface area contributed by atoms with Gasteiger partial charge in [-0.15, -0.1) is 0 Å². The molecule has 0 aromatic carbocycles. The summed E-state index contributed by atoms with van der Waals surface area (Å²) < 4.78 is 36.5. The van der Waals surface area contributed by atoms with Gasteiger partial charge < -0.3 is 14.4 Å². The molecule has 0 bridgehead atoms. The highest BCUT2D eigenvalue weighted by Gasteiger charge is 2.21. The zero-order valence-electron chi connectivity index (χ0n) is 15.0. The lowest BCUT2D eigenvalue weighted by atomic mass is 9.98. The van der Waals surface area contributed by atoms with Crippen LogP contribution in [-0.4, -0.2) is 56.3 Å². The van der Waals surface area contributed by atoms with Gasteiger partial charge in [0.05, 0.1) is 35.5 Å². The Bertz CT molecular complexity index is 829. The Labute approximate surface area is 165 Å². The average Bonchev–Trinajstić information content (AvgIpc) is 3.20. The number of H-pyrrole nitrogens is 1. The van der Waals surface area contributed by atoms with Crippen LogP contribution in [0, 0.1) is 11.3 Å². The molecule has 0 radical (unpaired) electrons. The van der Waals surface area contributed by atoms with Gasteiger partial charge >= 0.3 is 0 Å². The van der Waals surface area contributed by atoms with Crippen LogP contribution < -0.4 is 9.62 Å². The number of hydrogen-bond acceptors (Lipinski definition) is 8. The molecule has 3 rings (SSSR count). The van der Waals surface area contributed by atoms with E-state index >= 15 is 0 Å². The number of halogens is 2. The Kier molecular flexibility index (Phi) is 7.06. The van der Waals surface area contributed by atoms with Crippen LogP contribution >= 0.6 is 12.2 Å². The molecule has 2 aromatic heterocycles. The first-order valence-corrected chi connectivity index (χ1v) is 9.54. The maximum Gasteiger partial charge on any atom is 0.279 e. The van der Waals surface area contributed by atoms with E-state index in [9.17, 15) is 8.78 Å². The van der Waals surface area contributed by atoms with Crippen molar-refractivity contribution in [2.45, 2.75) is 19.3 Å². The second-order valence-corrected chi connectivity index (χ2v) is 6.90. The molecule has 8 nitrogen and oxygen atoms in total. The lowest BCUT2D eigenvalue weighted by molar-refractivity contribution is 0.226. The summed E-state index contributed by atoms with van der Waals surface area (Å²) in [5.74, 6) is 1.59. The second-order valence-electron chi connectivity index (χ2n) is 6.43. The second kappa shape index (κ2) is 9.71. The number of piperidine rings is 1. The van der Waals surface area contributed by atoms with E-state index in [1.807, 2.05) is 6.07 Å². The zero-order chi connectivity index (χ0) is 19.9. The monoisotopic (exact) mass is 409 g/mol. The van der Waals surface area contributed by atoms with Crippen molar-refractivity contribution in [2.75, 3.05) is 24.5 Å². The first kappa shape index (κ1) is 20.4. The number of nitrogens with zero attached hydrogens (tertiary/aromatic N) is 4. The van der Waals surface area contributed by atoms with Gasteiger partial charge in [0, 0.05) is 25.7 Å². The molecule has 1 saturated heterocycles. The number of anilines is 1. The molecular formula is C17H21F2N7OS. The normalized spacial score (nSPS) is 17.6. The number of rotatable bonds is 8. The van der Waals surface area contributed by atoms with Crippen LogP contribution in [0.4, 0.5) is 14.6 Å². The van der Waals surface area contributed by atoms with Crippen molar-refractivity contribution in [1.82, 2.24) is 24.7 Å². The summed E-state index contributed by atoms with van der Waals surface area (Å²) in [6.45, 7) is 2.45. The molecule has 150 valence electrons. The van der Waals surface area contributed by atoms with Crippen molar-refractivity contribution in [1.29, 1.82) is 5.41 Å². The largest absolute Gasteiger partial charge is 0.356 e. The van der Waals surface area contributed by atoms with Crippen LogP contribution in [-0.2, 0) is 0 Å². The number of imidazole rings is 1. The quantitative estimate of drug-likeness (QED) is 0.301. The first-order valence-electron chi connectivity index (χ1n) is 8.77. The van der Waals surface area contributed by atoms with Gasteiger partial charge in [-0.05, 0) is 30.9 Å². The van der Waals surface area contributed by atoms with E-state index in [0.717, 1.165) is 44.4 Å². The molecule has 11 heteroatoms. The third-order valence-corrected chi connectivity index (χ3v) is 4.76. The van der Waals surface area contributed by atoms with Crippen molar-refractivity contribution >= 4 is 29.8 Å². The van der Waals surface area contributed by atoms with E-state index in [0.29, 0.717) is 35.4 Å². The van der Waals surface area contributed by atoms with Gasteiger partial charge in [-0.3, -0.25) is 5.41 Å². The fraction of sp³-hybridized carbons (Fsp3) is 0.412. The number of alkyl halides is 2. The highest BCUT2D eigenvalue weighted by atomic mass is 32.2. The summed E-state index contributed by atoms with van der Waals surface area (Å²) in [7, 11) is 0. The van der Waals surface area contributed by atoms with Crippen LogP contribution in [0.15, 0.2) is 24.7 Å². The minimum Gasteiger partial charge on any atom is -0.356 e. The van der Waals surface area contributed by atoms with E-state index < -0.39 is 12.1 Å². The number of aromatic nitrogens is 4. The van der Waals surface area contributed by atoms with Gasteiger partial charge in [0.15, 0.2) is 0 Å². The molecule has 28 heavy (non-hydrogen) atoms. The van der Waals surface area contributed by atoms with Crippen LogP contribution in [0.2, 0.25) is 0 Å². The lowest BCUT2D eigenvalue weighted by Crippen LogP contribution is -2.39. The summed E-state index contributed by atoms with van der Waals surface area (Å²) in [5, 5.41) is 7.14. The zero-order valence-corrected chi connectivity index (χ0v) is 15.8. The Morgan fingerprint density at radius 3 is 3.11 bits per heavy atom. The Morgan fingerprint density at radius 2 is 2.32 bits per heavy atom. The average molecular weight is 409 g/mol. The highest BCUT2D eigenvalue weighted by Crippen LogP contribution is 2.24. The summed E-state index contributed by atoms with van der Waals surface area (Å²) in [6, 6.07) is 1.86. The van der Waals surface area contributed by atoms with Crippen molar-refractivity contribution in [3.8, 4) is 11.4 Å². The summed E-state index contributed by atoms with van der Waals surface area (Å²) in [4.78, 5) is 17.9. The molecule has 1 unspecified atom stereocenters. The third-order valence-electron chi connectivity index (χ3n) is 4.46. The van der Waals surface area contributed by atoms with Gasteiger partial charge in [0.2, 0.25) is 0 Å². The molecule has 1 aliphatic rings. The number of nitrogens with one attached hydrogen (secondary N) is 3. The van der Waals surface area contributed by atoms with Crippen LogP contribution in [0.25, 0.3) is 17.5 Å². The maximum absolute atomic E-state index is 12.4. The summed E-state index contributed by atoms with van der Waals surface area (Å²) in [6.07, 6.45) is 4.72. The molecule has 3 heterocycles. The molecule has 0 aliphatic carbocycles. The van der Waals surface area contributed by atoms with Crippen molar-refractivity contribution in [3.05, 3.63) is 30.5 Å². The van der Waals surface area contributed by atoms with Crippen molar-refractivity contribution in [2.24, 2.45) is 5.92 Å². The standard InChI is InChI=1S/C17H21F2N7OS/c18-17(19)12(20)3-4-15-21-8-14(25-15)13-6-16(23-10-22-13)26-5-1-2-11(9-26)7-24-28-27/h3-4,6,8,10-11,17,20,24,27H,1-2,5,7,9H2,(H,21,25)/b4-3-,20-12?. The topological polar surface area (TPSA) is 114 Å². The fourth-order valence-corrected chi connectivity index (χ4v) is 3.37. The minimum atomic E-state index is -2.81. The molecule has 0 saturated carbocycles. The lowest BCUT2D eigenvalue weighted by Gasteiger charge is -2.33. The maximum atomic E-state index is 12.4. The van der Waals surface area contributed by atoms with Crippen LogP contribution in [0.3, 0.4) is 0 Å². The predicted molar refractivity (Wildman–Crippen MR) is 106 cm³/mol. The number of aromatic amines is 1. The van der Waals surface area contributed by atoms with Crippen LogP contribution in [0.1, 0.15) is 18.7 Å². The first-order chi connectivity index (χ1) is 13.6. The number of allylic oxidation sites excluding steroid dienone is 1. The SMILES string of the molecule is N=C(/C=C\c1ncc(-c2cc(N3CCCC(CNSO)C3)ncn2)[nH]1)C(F)F. The molecule has 0 amide bonds. The van der Waals surface area contributed by atoms with Gasteiger partial charge in [-0.25, -0.2) is 28.5 Å². The van der Waals surface area contributed by atoms with Gasteiger partial charge in [0.25, 0.3) is 6.43 Å². The predicted octanol–water partition coefficient (Wildman–Crippen LogP) is 3.09. The van der Waals surface area contributed by atoms with E-state index in [-0.39, 0.29) is 0 Å². The molecule has 0 spiro atoms. The molecule has 2 aromatic rings. The molecule has 1 aliphatic heterocycles. The van der Waals surface area contributed by atoms with Crippen molar-refractivity contribution < 1.29 is 13.3 Å². The van der Waals surface area contributed by atoms with Gasteiger partial charge in [0.1, 0.15) is 18.0 Å². The number of hydrogen-bond donors (Lipinski definition) is 4. The molecular weight excluding hydrogens is 388 g/mol. The minimum absolute atomic E-state index is 0.367. The van der Waals surface area contributed by atoms with Gasteiger partial charge in [-0.1, -0.05) is 0 Å². The molecule has 1 atom stereocenters. The Morgan fingerprint density at radius 1 is 1.46 bits per heavy atom. The van der Waals surface area contributed by atoms with Crippen molar-refractivity contribution in [3.63, 3.8) is 0 Å². The van der Waals surface area contributed by atoms with Gasteiger partial charge in [-0.2, -0.15) is 0 Å². The van der Waals surface area contributed by atoms with Crippen LogP contribution in [0.5, 0.6) is 0 Å². The summed E-state index contributed by atoms with van der Waals surface area (Å²) in [5.41, 5.74) is 0.516. The Balaban J connectivity index is 1.70. The van der Waals surface area contributed by atoms with E-state index in [2.05, 4.69) is 29.6 Å². The summed E-state index contributed by atoms with van der Waals surface area (Å²) >= 11 is 0.636. The van der Waals surface area contributed by atoms with E-state index in [4.69, 9.17) is 9.96 Å². The van der Waals surface area contributed by atoms with E-state index in [1.54, 1.807) is 6.20 Å². The molecule has 1 fully saturated rings. The third kappa shape index (κ3) is 5.33. The Hall–Kier alpha value is -2.37. The van der Waals surface area contributed by atoms with E-state index in [1.165, 1.54) is 12.4 Å².